The van der Waals surface area contributed by atoms with Crippen molar-refractivity contribution in [2.45, 2.75) is 0 Å². The third-order valence-electron chi connectivity index (χ3n) is 2.53. The number of nitrogens with one attached hydrogen (secondary N) is 1. The molecule has 1 rings (SSSR count). The van der Waals surface area contributed by atoms with Gasteiger partial charge in [-0.15, -0.1) is 0 Å². The Bertz CT molecular complexity index is 616. The van der Waals surface area contributed by atoms with E-state index in [0.717, 1.165) is 0 Å². The van der Waals surface area contributed by atoms with Crippen molar-refractivity contribution < 1.29 is 4.79 Å². The molecule has 0 aliphatic heterocycles. The zero-order chi connectivity index (χ0) is 16.5. The van der Waals surface area contributed by atoms with E-state index in [9.17, 15) is 4.79 Å². The van der Waals surface area contributed by atoms with Gasteiger partial charge in [0, 0.05) is 32.7 Å². The van der Waals surface area contributed by atoms with Gasteiger partial charge in [0.1, 0.15) is 6.34 Å². The van der Waals surface area contributed by atoms with Crippen LogP contribution in [0.4, 0.5) is 5.82 Å². The number of carbonyl (C=O) groups excluding carboxylic acids is 1. The molecule has 0 fully saturated rings. The van der Waals surface area contributed by atoms with Gasteiger partial charge in [-0.1, -0.05) is 23.5 Å². The van der Waals surface area contributed by atoms with Crippen LogP contribution in [-0.4, -0.2) is 42.8 Å². The Morgan fingerprint density at radius 1 is 1.59 bits per heavy atom. The average Bonchev–Trinajstić information content (AvgIpc) is 2.56. The number of hydrogen-bond acceptors (Lipinski definition) is 6. The summed E-state index contributed by atoms with van der Waals surface area (Å²) in [5.74, 6) is 0.148. The molecule has 1 aromatic rings. The van der Waals surface area contributed by atoms with E-state index in [2.05, 4.69) is 20.3 Å². The summed E-state index contributed by atoms with van der Waals surface area (Å²) in [5, 5.41) is 2.64. The predicted molar refractivity (Wildman–Crippen MR) is 93.6 cm³/mol. The highest BCUT2D eigenvalue weighted by Gasteiger charge is 2.17. The van der Waals surface area contributed by atoms with Gasteiger partial charge >= 0.3 is 0 Å². The van der Waals surface area contributed by atoms with Crippen molar-refractivity contribution in [2.24, 2.45) is 15.7 Å². The van der Waals surface area contributed by atoms with Gasteiger partial charge in [-0.3, -0.25) is 9.79 Å². The number of aliphatic imine (C=N–C) groups is 2. The molecule has 0 atom stereocenters. The number of allylic oxidation sites excluding steroid dienone is 1. The Labute approximate surface area is 138 Å². The molecule has 1 amide bonds. The molecule has 118 valence electrons. The summed E-state index contributed by atoms with van der Waals surface area (Å²) in [5.41, 5.74) is 6.06. The molecule has 0 aromatic carbocycles. The molecule has 1 aromatic heterocycles. The summed E-state index contributed by atoms with van der Waals surface area (Å²) in [6.07, 6.45) is 5.93. The van der Waals surface area contributed by atoms with E-state index < -0.39 is 0 Å². The Balaban J connectivity index is 3.03. The highest BCUT2D eigenvalue weighted by atomic mass is 35.5. The van der Waals surface area contributed by atoms with E-state index in [4.69, 9.17) is 17.3 Å². The third-order valence-corrected chi connectivity index (χ3v) is 3.55. The van der Waals surface area contributed by atoms with E-state index in [1.54, 1.807) is 29.7 Å². The minimum atomic E-state index is -0.387. The highest BCUT2D eigenvalue weighted by molar-refractivity contribution is 7.99. The number of amides is 1. The Morgan fingerprint density at radius 2 is 2.32 bits per heavy atom. The fourth-order valence-electron chi connectivity index (χ4n) is 1.44. The molecular formula is C13H17ClN6OS. The number of nitrogens with two attached hydrogens (primary N) is 1. The van der Waals surface area contributed by atoms with Crippen LogP contribution in [0, 0.1) is 0 Å². The number of pyridine rings is 1. The lowest BCUT2D eigenvalue weighted by Gasteiger charge is -2.17. The zero-order valence-corrected chi connectivity index (χ0v) is 14.0. The van der Waals surface area contributed by atoms with Crippen LogP contribution in [0.15, 0.2) is 40.2 Å². The van der Waals surface area contributed by atoms with Crippen LogP contribution in [-0.2, 0) is 0 Å². The zero-order valence-electron chi connectivity index (χ0n) is 12.4. The molecule has 7 nitrogen and oxygen atoms in total. The van der Waals surface area contributed by atoms with E-state index in [1.807, 2.05) is 13.3 Å². The fraction of sp³-hybridized carbons (Fsp3) is 0.231. The normalized spacial score (nSPS) is 12.5. The minimum Gasteiger partial charge on any atom is -0.403 e. The van der Waals surface area contributed by atoms with E-state index in [1.165, 1.54) is 24.5 Å². The maximum Gasteiger partial charge on any atom is 0.259 e. The van der Waals surface area contributed by atoms with Crippen LogP contribution in [0.1, 0.15) is 10.4 Å². The van der Waals surface area contributed by atoms with E-state index >= 15 is 0 Å². The van der Waals surface area contributed by atoms with Gasteiger partial charge in [0.2, 0.25) is 0 Å². The molecule has 0 bridgehead atoms. The van der Waals surface area contributed by atoms with Gasteiger partial charge in [-0.05, 0) is 12.1 Å². The molecule has 0 radical (unpaired) electrons. The lowest BCUT2D eigenvalue weighted by Crippen LogP contribution is -2.28. The summed E-state index contributed by atoms with van der Waals surface area (Å²) in [4.78, 5) is 24.1. The molecule has 1 heterocycles. The Hall–Kier alpha value is -2.06. The van der Waals surface area contributed by atoms with Crippen molar-refractivity contribution in [1.29, 1.82) is 0 Å². The first kappa shape index (κ1) is 18.0. The van der Waals surface area contributed by atoms with Crippen LogP contribution in [0.2, 0.25) is 0 Å². The second kappa shape index (κ2) is 9.06. The number of nitrogens with zero attached hydrogens (tertiary/aromatic N) is 4. The Morgan fingerprint density at radius 3 is 2.91 bits per heavy atom. The Kier molecular flexibility index (Phi) is 7.41. The molecule has 3 N–H and O–H groups in total. The molecule has 0 aliphatic rings. The summed E-state index contributed by atoms with van der Waals surface area (Å²) < 4.78 is 1.78. The summed E-state index contributed by atoms with van der Waals surface area (Å²) >= 11 is 7.39. The second-order valence-electron chi connectivity index (χ2n) is 3.88. The summed E-state index contributed by atoms with van der Waals surface area (Å²) in [6.45, 7) is 0. The number of anilines is 1. The molecule has 0 saturated heterocycles. The van der Waals surface area contributed by atoms with E-state index in [0.29, 0.717) is 11.4 Å². The fourth-order valence-corrected chi connectivity index (χ4v) is 1.91. The van der Waals surface area contributed by atoms with Crippen LogP contribution in [0.5, 0.6) is 0 Å². The molecule has 0 unspecified atom stereocenters. The number of hydrogen-bond donors (Lipinski definition) is 2. The van der Waals surface area contributed by atoms with Gasteiger partial charge in [-0.25, -0.2) is 9.98 Å². The molecule has 0 spiro atoms. The first-order valence-electron chi connectivity index (χ1n) is 6.15. The van der Waals surface area contributed by atoms with Gasteiger partial charge < -0.3 is 15.4 Å². The van der Waals surface area contributed by atoms with Crippen molar-refractivity contribution in [2.75, 3.05) is 24.7 Å². The van der Waals surface area contributed by atoms with Crippen LogP contribution in [0.3, 0.4) is 0 Å². The largest absolute Gasteiger partial charge is 0.403 e. The maximum absolute atomic E-state index is 12.4. The van der Waals surface area contributed by atoms with Crippen LogP contribution in [0.25, 0.3) is 0 Å². The second-order valence-corrected chi connectivity index (χ2v) is 5.15. The van der Waals surface area contributed by atoms with Crippen LogP contribution < -0.4 is 15.4 Å². The van der Waals surface area contributed by atoms with Gasteiger partial charge in [0.05, 0.1) is 11.3 Å². The van der Waals surface area contributed by atoms with Gasteiger partial charge in [0.25, 0.3) is 5.91 Å². The number of carbonyl (C=O) groups is 1. The van der Waals surface area contributed by atoms with Gasteiger partial charge in [-0.2, -0.15) is 0 Å². The lowest BCUT2D eigenvalue weighted by atomic mass is 10.2. The average molecular weight is 341 g/mol. The van der Waals surface area contributed by atoms with Crippen molar-refractivity contribution >= 4 is 46.8 Å². The van der Waals surface area contributed by atoms with Crippen molar-refractivity contribution in [3.05, 3.63) is 35.8 Å². The molecule has 0 saturated carbocycles. The standard InChI is InChI=1S/C13H17ClN6OS/c1-16-8-18-11(14)10(7-15)19-13(21)9-5-4-6-17-12(9)20(2)22-3/h4-8H,15H2,1-3H3,(H,19,21). The monoisotopic (exact) mass is 340 g/mol. The van der Waals surface area contributed by atoms with Crippen molar-refractivity contribution in [3.8, 4) is 0 Å². The lowest BCUT2D eigenvalue weighted by molar-refractivity contribution is 0.0968. The molecule has 0 aliphatic carbocycles. The summed E-state index contributed by atoms with van der Waals surface area (Å²) in [6, 6.07) is 3.34. The quantitative estimate of drug-likeness (QED) is 0.466. The smallest absolute Gasteiger partial charge is 0.259 e. The number of halogens is 1. The summed E-state index contributed by atoms with van der Waals surface area (Å²) in [7, 11) is 3.37. The van der Waals surface area contributed by atoms with Crippen LogP contribution >= 0.6 is 23.5 Å². The maximum atomic E-state index is 12.4. The topological polar surface area (TPSA) is 96.0 Å². The SMILES string of the molecule is CN=CN=C(Cl)C(=CN)NC(=O)c1cccnc1N(C)SC. The molecular weight excluding hydrogens is 324 g/mol. The third kappa shape index (κ3) is 4.74. The number of rotatable bonds is 6. The number of aromatic nitrogens is 1. The molecule has 22 heavy (non-hydrogen) atoms. The van der Waals surface area contributed by atoms with Crippen molar-refractivity contribution in [3.63, 3.8) is 0 Å². The van der Waals surface area contributed by atoms with Gasteiger partial charge in [0.15, 0.2) is 11.0 Å². The first-order valence-corrected chi connectivity index (χ1v) is 7.71. The minimum absolute atomic E-state index is 0.0325. The van der Waals surface area contributed by atoms with Crippen molar-refractivity contribution in [1.82, 2.24) is 10.3 Å². The first-order chi connectivity index (χ1) is 10.5. The predicted octanol–water partition coefficient (Wildman–Crippen LogP) is 1.62. The molecule has 9 heteroatoms. The van der Waals surface area contributed by atoms with E-state index in [-0.39, 0.29) is 16.8 Å². The highest BCUT2D eigenvalue weighted by Crippen LogP contribution is 2.20.